The number of hydrogen-bond donors (Lipinski definition) is 1. The topological polar surface area (TPSA) is 52.3 Å². The molecule has 0 heterocycles. The highest BCUT2D eigenvalue weighted by Gasteiger charge is 2.08. The summed E-state index contributed by atoms with van der Waals surface area (Å²) in [4.78, 5) is 12.0. The van der Waals surface area contributed by atoms with Gasteiger partial charge in [-0.2, -0.15) is 0 Å². The number of carbonyl (C=O) groups excluding carboxylic acids is 1. The summed E-state index contributed by atoms with van der Waals surface area (Å²) in [6, 6.07) is 14.8. The van der Waals surface area contributed by atoms with Crippen LogP contribution in [0.3, 0.4) is 0 Å². The third kappa shape index (κ3) is 3.38. The third-order valence-corrected chi connectivity index (χ3v) is 3.18. The smallest absolute Gasteiger partial charge is 0.200 e. The van der Waals surface area contributed by atoms with Gasteiger partial charge in [0.25, 0.3) is 0 Å². The highest BCUT2D eigenvalue weighted by Crippen LogP contribution is 2.20. The molecule has 0 aliphatic carbocycles. The lowest BCUT2D eigenvalue weighted by molar-refractivity contribution is 0.0922. The molecule has 0 saturated carbocycles. The van der Waals surface area contributed by atoms with E-state index in [1.807, 2.05) is 36.4 Å². The molecule has 0 saturated heterocycles. The first-order valence-electron chi connectivity index (χ1n) is 6.68. The number of ether oxygens (including phenoxy) is 1. The van der Waals surface area contributed by atoms with Crippen LogP contribution in [0.1, 0.15) is 35.7 Å². The zero-order chi connectivity index (χ0) is 14.5. The molecule has 0 fully saturated rings. The van der Waals surface area contributed by atoms with Crippen LogP contribution in [0, 0.1) is 0 Å². The van der Waals surface area contributed by atoms with Gasteiger partial charge in [-0.1, -0.05) is 50.2 Å². The summed E-state index contributed by atoms with van der Waals surface area (Å²) >= 11 is 0. The number of Topliss-reactive ketones (excluding diaryl/α,β-unsaturated/α-hetero) is 1. The zero-order valence-electron chi connectivity index (χ0n) is 11.8. The van der Waals surface area contributed by atoms with Crippen molar-refractivity contribution in [2.75, 3.05) is 12.3 Å². The molecule has 0 amide bonds. The van der Waals surface area contributed by atoms with Crippen LogP contribution in [0.2, 0.25) is 0 Å². The summed E-state index contributed by atoms with van der Waals surface area (Å²) < 4.78 is 5.46. The molecule has 2 aromatic carbocycles. The van der Waals surface area contributed by atoms with Crippen molar-refractivity contribution in [3.05, 3.63) is 59.7 Å². The third-order valence-electron chi connectivity index (χ3n) is 3.18. The summed E-state index contributed by atoms with van der Waals surface area (Å²) in [7, 11) is 0. The van der Waals surface area contributed by atoms with Crippen LogP contribution in [0.25, 0.3) is 0 Å². The molecule has 3 nitrogen and oxygen atoms in total. The summed E-state index contributed by atoms with van der Waals surface area (Å²) in [6.45, 7) is 4.24. The predicted octanol–water partition coefficient (Wildman–Crippen LogP) is 3.65. The highest BCUT2D eigenvalue weighted by atomic mass is 16.5. The average molecular weight is 269 g/mol. The fourth-order valence-corrected chi connectivity index (χ4v) is 1.89. The fourth-order valence-electron chi connectivity index (χ4n) is 1.89. The molecule has 2 N–H and O–H groups in total. The molecule has 0 unspecified atom stereocenters. The monoisotopic (exact) mass is 269 g/mol. The van der Waals surface area contributed by atoms with Crippen molar-refractivity contribution >= 4 is 11.5 Å². The molecule has 104 valence electrons. The Kier molecular flexibility index (Phi) is 4.41. The maximum Gasteiger partial charge on any atom is 0.200 e. The second kappa shape index (κ2) is 6.24. The number of anilines is 1. The minimum absolute atomic E-state index is 0.00472. The van der Waals surface area contributed by atoms with E-state index in [4.69, 9.17) is 10.5 Å². The number of nitrogens with two attached hydrogens (primary N) is 1. The first-order valence-corrected chi connectivity index (χ1v) is 6.68. The molecule has 0 atom stereocenters. The van der Waals surface area contributed by atoms with E-state index in [0.29, 0.717) is 22.9 Å². The van der Waals surface area contributed by atoms with Gasteiger partial charge in [0.1, 0.15) is 5.75 Å². The van der Waals surface area contributed by atoms with Gasteiger partial charge in [-0.25, -0.2) is 0 Å². The summed E-state index contributed by atoms with van der Waals surface area (Å²) in [5.74, 6) is 0.947. The summed E-state index contributed by atoms with van der Waals surface area (Å²) in [6.07, 6.45) is 0. The molecule has 0 aliphatic rings. The van der Waals surface area contributed by atoms with Gasteiger partial charge in [0.15, 0.2) is 12.4 Å². The summed E-state index contributed by atoms with van der Waals surface area (Å²) in [5.41, 5.74) is 8.17. The van der Waals surface area contributed by atoms with Crippen molar-refractivity contribution in [2.24, 2.45) is 0 Å². The standard InChI is InChI=1S/C17H19NO2/c1-12(2)13-7-9-14(10-8-13)16(19)11-20-17-6-4-3-5-15(17)18/h3-10,12H,11,18H2,1-2H3. The molecule has 20 heavy (non-hydrogen) atoms. The van der Waals surface area contributed by atoms with Crippen LogP contribution in [0.5, 0.6) is 5.75 Å². The van der Waals surface area contributed by atoms with Crippen LogP contribution in [-0.4, -0.2) is 12.4 Å². The van der Waals surface area contributed by atoms with Gasteiger partial charge >= 0.3 is 0 Å². The maximum atomic E-state index is 12.0. The number of ketones is 1. The van der Waals surface area contributed by atoms with Crippen molar-refractivity contribution in [3.63, 3.8) is 0 Å². The van der Waals surface area contributed by atoms with E-state index >= 15 is 0 Å². The van der Waals surface area contributed by atoms with Crippen LogP contribution in [-0.2, 0) is 0 Å². The normalized spacial score (nSPS) is 10.6. The lowest BCUT2D eigenvalue weighted by atomic mass is 10.0. The minimum Gasteiger partial charge on any atom is -0.483 e. The molecular weight excluding hydrogens is 250 g/mol. The Labute approximate surface area is 119 Å². The van der Waals surface area contributed by atoms with Gasteiger partial charge < -0.3 is 10.5 Å². The Bertz CT molecular complexity index is 588. The van der Waals surface area contributed by atoms with E-state index in [2.05, 4.69) is 13.8 Å². The van der Waals surface area contributed by atoms with E-state index in [0.717, 1.165) is 0 Å². The molecule has 0 bridgehead atoms. The molecule has 0 radical (unpaired) electrons. The second-order valence-corrected chi connectivity index (χ2v) is 5.03. The van der Waals surface area contributed by atoms with Gasteiger partial charge in [0.05, 0.1) is 5.69 Å². The Morgan fingerprint density at radius 3 is 2.35 bits per heavy atom. The Balaban J connectivity index is 2.00. The lowest BCUT2D eigenvalue weighted by Crippen LogP contribution is -2.12. The van der Waals surface area contributed by atoms with Gasteiger partial charge in [0, 0.05) is 5.56 Å². The Morgan fingerprint density at radius 2 is 1.75 bits per heavy atom. The van der Waals surface area contributed by atoms with Crippen LogP contribution in [0.15, 0.2) is 48.5 Å². The first-order chi connectivity index (χ1) is 9.58. The average Bonchev–Trinajstić information content (AvgIpc) is 2.46. The zero-order valence-corrected chi connectivity index (χ0v) is 11.8. The molecule has 3 heteroatoms. The number of carbonyl (C=O) groups is 1. The van der Waals surface area contributed by atoms with E-state index < -0.39 is 0 Å². The van der Waals surface area contributed by atoms with Gasteiger partial charge in [-0.3, -0.25) is 4.79 Å². The SMILES string of the molecule is CC(C)c1ccc(C(=O)COc2ccccc2N)cc1. The highest BCUT2D eigenvalue weighted by molar-refractivity contribution is 5.97. The first kappa shape index (κ1) is 14.1. The molecular formula is C17H19NO2. The molecule has 2 aromatic rings. The largest absolute Gasteiger partial charge is 0.483 e. The fraction of sp³-hybridized carbons (Fsp3) is 0.235. The van der Waals surface area contributed by atoms with E-state index in [-0.39, 0.29) is 12.4 Å². The molecule has 0 spiro atoms. The van der Waals surface area contributed by atoms with Gasteiger partial charge in [-0.15, -0.1) is 0 Å². The second-order valence-electron chi connectivity index (χ2n) is 5.03. The number of rotatable bonds is 5. The van der Waals surface area contributed by atoms with Crippen molar-refractivity contribution < 1.29 is 9.53 Å². The van der Waals surface area contributed by atoms with Crippen LogP contribution < -0.4 is 10.5 Å². The molecule has 0 aromatic heterocycles. The predicted molar refractivity (Wildman–Crippen MR) is 81.2 cm³/mol. The molecule has 0 aliphatic heterocycles. The van der Waals surface area contributed by atoms with E-state index in [9.17, 15) is 4.79 Å². The Morgan fingerprint density at radius 1 is 1.10 bits per heavy atom. The van der Waals surface area contributed by atoms with Crippen LogP contribution in [0.4, 0.5) is 5.69 Å². The van der Waals surface area contributed by atoms with Crippen molar-refractivity contribution in [2.45, 2.75) is 19.8 Å². The van der Waals surface area contributed by atoms with E-state index in [1.54, 1.807) is 12.1 Å². The number of hydrogen-bond acceptors (Lipinski definition) is 3. The van der Waals surface area contributed by atoms with Crippen molar-refractivity contribution in [1.82, 2.24) is 0 Å². The van der Waals surface area contributed by atoms with Gasteiger partial charge in [0.2, 0.25) is 0 Å². The van der Waals surface area contributed by atoms with E-state index in [1.165, 1.54) is 5.56 Å². The van der Waals surface area contributed by atoms with Gasteiger partial charge in [-0.05, 0) is 23.6 Å². The van der Waals surface area contributed by atoms with Crippen LogP contribution >= 0.6 is 0 Å². The maximum absolute atomic E-state index is 12.0. The lowest BCUT2D eigenvalue weighted by Gasteiger charge is -2.09. The number of nitrogen functional groups attached to an aromatic ring is 1. The number of para-hydroxylation sites is 2. The summed E-state index contributed by atoms with van der Waals surface area (Å²) in [5, 5.41) is 0. The van der Waals surface area contributed by atoms with Crippen molar-refractivity contribution in [3.8, 4) is 5.75 Å². The van der Waals surface area contributed by atoms with Crippen molar-refractivity contribution in [1.29, 1.82) is 0 Å². The quantitative estimate of drug-likeness (QED) is 0.665. The molecule has 2 rings (SSSR count). The number of benzene rings is 2. The minimum atomic E-state index is -0.0523. The Hall–Kier alpha value is -2.29.